The van der Waals surface area contributed by atoms with Gasteiger partial charge < -0.3 is 14.8 Å². The second kappa shape index (κ2) is 9.88. The number of hydrogen-bond acceptors (Lipinski definition) is 6. The van der Waals surface area contributed by atoms with E-state index in [4.69, 9.17) is 9.47 Å². The Morgan fingerprint density at radius 2 is 2.07 bits per heavy atom. The lowest BCUT2D eigenvalue weighted by Gasteiger charge is -2.11. The molecule has 0 heterocycles. The van der Waals surface area contributed by atoms with Crippen LogP contribution in [0.25, 0.3) is 6.08 Å². The number of carbonyl (C=O) groups excluding carboxylic acids is 1. The predicted octanol–water partition coefficient (Wildman–Crippen LogP) is 4.54. The topological polar surface area (TPSA) is 114 Å². The van der Waals surface area contributed by atoms with Gasteiger partial charge in [0.25, 0.3) is 5.91 Å². The minimum atomic E-state index is -0.636. The molecule has 0 saturated carbocycles. The average molecular weight is 507 g/mol. The molecule has 0 radical (unpaired) electrons. The molecule has 1 amide bonds. The van der Waals surface area contributed by atoms with Gasteiger partial charge >= 0.3 is 5.69 Å². The van der Waals surface area contributed by atoms with Crippen molar-refractivity contribution >= 4 is 45.9 Å². The summed E-state index contributed by atoms with van der Waals surface area (Å²) in [6.07, 6.45) is 1.27. The monoisotopic (exact) mass is 507 g/mol. The van der Waals surface area contributed by atoms with Crippen molar-refractivity contribution in [3.05, 3.63) is 61.2 Å². The Labute approximate surface area is 181 Å². The highest BCUT2D eigenvalue weighted by molar-refractivity contribution is 14.1. The Hall–Kier alpha value is -3.13. The molecule has 0 atom stereocenters. The third-order valence-corrected chi connectivity index (χ3v) is 4.39. The standard InChI is InChI=1S/C20H18IN3O5/c1-12(2)29-16-6-4-5-15(10-16)23-20(25)14(11-22)7-13-8-17(21)19(28-3)18(9-13)24(26)27/h4-10,12H,1-3H3,(H,23,25)/b14-7-. The first-order valence-corrected chi connectivity index (χ1v) is 9.54. The fourth-order valence-corrected chi connectivity index (χ4v) is 3.31. The number of nitrogens with one attached hydrogen (secondary N) is 1. The molecule has 9 heteroatoms. The first kappa shape index (κ1) is 22.2. The number of carbonyl (C=O) groups is 1. The lowest BCUT2D eigenvalue weighted by molar-refractivity contribution is -0.385. The number of nitriles is 1. The summed E-state index contributed by atoms with van der Waals surface area (Å²) in [6, 6.07) is 11.5. The van der Waals surface area contributed by atoms with Crippen molar-refractivity contribution in [3.63, 3.8) is 0 Å². The quantitative estimate of drug-likeness (QED) is 0.194. The molecule has 0 fully saturated rings. The summed E-state index contributed by atoms with van der Waals surface area (Å²) in [6.45, 7) is 3.77. The van der Waals surface area contributed by atoms with Crippen LogP contribution in [0.2, 0.25) is 0 Å². The summed E-state index contributed by atoms with van der Waals surface area (Å²) in [4.78, 5) is 23.2. The van der Waals surface area contributed by atoms with Gasteiger partial charge in [-0.1, -0.05) is 6.07 Å². The summed E-state index contributed by atoms with van der Waals surface area (Å²) >= 11 is 1.90. The maximum absolute atomic E-state index is 12.5. The van der Waals surface area contributed by atoms with Crippen molar-refractivity contribution in [1.29, 1.82) is 5.26 Å². The highest BCUT2D eigenvalue weighted by Gasteiger charge is 2.20. The first-order chi connectivity index (χ1) is 13.7. The van der Waals surface area contributed by atoms with E-state index in [0.717, 1.165) is 0 Å². The Kier molecular flexibility index (Phi) is 7.55. The molecule has 0 bridgehead atoms. The number of rotatable bonds is 7. The van der Waals surface area contributed by atoms with Gasteiger partial charge in [-0.15, -0.1) is 0 Å². The average Bonchev–Trinajstić information content (AvgIpc) is 2.65. The van der Waals surface area contributed by atoms with Crippen LogP contribution in [0.15, 0.2) is 42.0 Å². The van der Waals surface area contributed by atoms with Gasteiger partial charge in [0, 0.05) is 17.8 Å². The first-order valence-electron chi connectivity index (χ1n) is 8.47. The molecule has 0 unspecified atom stereocenters. The van der Waals surface area contributed by atoms with E-state index in [1.54, 1.807) is 30.3 Å². The highest BCUT2D eigenvalue weighted by atomic mass is 127. The minimum absolute atomic E-state index is 0.0242. The predicted molar refractivity (Wildman–Crippen MR) is 117 cm³/mol. The highest BCUT2D eigenvalue weighted by Crippen LogP contribution is 2.34. The minimum Gasteiger partial charge on any atom is -0.491 e. The van der Waals surface area contributed by atoms with Crippen LogP contribution in [-0.4, -0.2) is 24.0 Å². The Bertz CT molecular complexity index is 1010. The van der Waals surface area contributed by atoms with Crippen molar-refractivity contribution in [3.8, 4) is 17.6 Å². The van der Waals surface area contributed by atoms with Gasteiger partial charge in [0.15, 0.2) is 0 Å². The molecule has 8 nitrogen and oxygen atoms in total. The molecule has 0 spiro atoms. The number of amides is 1. The molecular formula is C20H18IN3O5. The number of ether oxygens (including phenoxy) is 2. The van der Waals surface area contributed by atoms with Crippen molar-refractivity contribution in [2.24, 2.45) is 0 Å². The fraction of sp³-hybridized carbons (Fsp3) is 0.200. The normalized spacial score (nSPS) is 11.0. The van der Waals surface area contributed by atoms with Gasteiger partial charge in [-0.2, -0.15) is 5.26 Å². The number of nitro benzene ring substituents is 1. The fourth-order valence-electron chi connectivity index (χ4n) is 2.45. The number of nitro groups is 1. The van der Waals surface area contributed by atoms with E-state index in [0.29, 0.717) is 20.6 Å². The van der Waals surface area contributed by atoms with Gasteiger partial charge in [-0.25, -0.2) is 0 Å². The van der Waals surface area contributed by atoms with Gasteiger partial charge in [-0.3, -0.25) is 14.9 Å². The third kappa shape index (κ3) is 5.92. The van der Waals surface area contributed by atoms with E-state index in [-0.39, 0.29) is 23.1 Å². The van der Waals surface area contributed by atoms with Crippen molar-refractivity contribution in [2.45, 2.75) is 20.0 Å². The smallest absolute Gasteiger partial charge is 0.312 e. The molecule has 0 saturated heterocycles. The zero-order chi connectivity index (χ0) is 21.6. The van der Waals surface area contributed by atoms with E-state index >= 15 is 0 Å². The summed E-state index contributed by atoms with van der Waals surface area (Å²) < 4.78 is 11.1. The Morgan fingerprint density at radius 3 is 2.66 bits per heavy atom. The SMILES string of the molecule is COc1c(I)cc(/C=C(/C#N)C(=O)Nc2cccc(OC(C)C)c2)cc1[N+](=O)[O-]. The van der Waals surface area contributed by atoms with E-state index in [9.17, 15) is 20.2 Å². The molecule has 150 valence electrons. The number of hydrogen-bond donors (Lipinski definition) is 1. The second-order valence-electron chi connectivity index (χ2n) is 6.13. The van der Waals surface area contributed by atoms with Gasteiger partial charge in [0.05, 0.1) is 21.7 Å². The number of nitrogens with zero attached hydrogens (tertiary/aromatic N) is 2. The Balaban J connectivity index is 2.32. The van der Waals surface area contributed by atoms with Crippen molar-refractivity contribution in [2.75, 3.05) is 12.4 Å². The molecule has 0 aliphatic heterocycles. The third-order valence-electron chi connectivity index (χ3n) is 3.59. The second-order valence-corrected chi connectivity index (χ2v) is 7.29. The van der Waals surface area contributed by atoms with Crippen LogP contribution in [0.3, 0.4) is 0 Å². The van der Waals surface area contributed by atoms with Crippen molar-refractivity contribution < 1.29 is 19.2 Å². The largest absolute Gasteiger partial charge is 0.491 e. The van der Waals surface area contributed by atoms with Crippen LogP contribution in [0, 0.1) is 25.0 Å². The van der Waals surface area contributed by atoms with Crippen LogP contribution in [-0.2, 0) is 4.79 Å². The van der Waals surface area contributed by atoms with Crippen molar-refractivity contribution in [1.82, 2.24) is 0 Å². The number of halogens is 1. The van der Waals surface area contributed by atoms with Gasteiger partial charge in [0.1, 0.15) is 17.4 Å². The van der Waals surface area contributed by atoms with E-state index in [1.807, 2.05) is 42.5 Å². The molecule has 0 aliphatic carbocycles. The maximum Gasteiger partial charge on any atom is 0.312 e. The van der Waals surface area contributed by atoms with Crippen LogP contribution in [0.4, 0.5) is 11.4 Å². The lowest BCUT2D eigenvalue weighted by Crippen LogP contribution is -2.14. The van der Waals surface area contributed by atoms with E-state index in [2.05, 4.69) is 5.32 Å². The van der Waals surface area contributed by atoms with Gasteiger partial charge in [-0.05, 0) is 66.3 Å². The molecule has 29 heavy (non-hydrogen) atoms. The number of benzene rings is 2. The van der Waals surface area contributed by atoms with Crippen LogP contribution >= 0.6 is 22.6 Å². The Morgan fingerprint density at radius 1 is 1.34 bits per heavy atom. The van der Waals surface area contributed by atoms with Crippen LogP contribution in [0.1, 0.15) is 19.4 Å². The van der Waals surface area contributed by atoms with Gasteiger partial charge in [0.2, 0.25) is 5.75 Å². The number of methoxy groups -OCH3 is 1. The molecule has 0 aliphatic rings. The maximum atomic E-state index is 12.5. The van der Waals surface area contributed by atoms with E-state index < -0.39 is 10.8 Å². The van der Waals surface area contributed by atoms with Crippen LogP contribution < -0.4 is 14.8 Å². The molecule has 2 aromatic rings. The summed E-state index contributed by atoms with van der Waals surface area (Å²) in [5.41, 5.74) is 0.354. The summed E-state index contributed by atoms with van der Waals surface area (Å²) in [7, 11) is 1.34. The number of anilines is 1. The van der Waals surface area contributed by atoms with E-state index in [1.165, 1.54) is 19.3 Å². The van der Waals surface area contributed by atoms with Crippen LogP contribution in [0.5, 0.6) is 11.5 Å². The summed E-state index contributed by atoms with van der Waals surface area (Å²) in [5.74, 6) is 0.0703. The molecule has 2 aromatic carbocycles. The zero-order valence-corrected chi connectivity index (χ0v) is 18.1. The molecular weight excluding hydrogens is 489 g/mol. The lowest BCUT2D eigenvalue weighted by atomic mass is 10.1. The zero-order valence-electron chi connectivity index (χ0n) is 15.9. The molecule has 0 aromatic heterocycles. The summed E-state index contributed by atoms with van der Waals surface area (Å²) in [5, 5.41) is 23.3. The molecule has 2 rings (SSSR count). The molecule has 1 N–H and O–H groups in total.